The summed E-state index contributed by atoms with van der Waals surface area (Å²) >= 11 is 2.91. The fraction of sp³-hybridized carbons (Fsp3) is 0. The Balaban J connectivity index is 0. The summed E-state index contributed by atoms with van der Waals surface area (Å²) in [6.07, 6.45) is 0.833. The summed E-state index contributed by atoms with van der Waals surface area (Å²) in [5.41, 5.74) is 0. The number of rotatable bonds is 1. The molecule has 0 saturated carbocycles. The van der Waals surface area contributed by atoms with Gasteiger partial charge in [0.1, 0.15) is 0 Å². The van der Waals surface area contributed by atoms with Gasteiger partial charge in [-0.2, -0.15) is 0 Å². The number of carbonyl (C=O) groups is 1. The molecule has 0 aliphatic rings. The summed E-state index contributed by atoms with van der Waals surface area (Å²) in [5, 5.41) is 7.60. The van der Waals surface area contributed by atoms with Crippen molar-refractivity contribution in [1.82, 2.24) is 0 Å². The maximum atomic E-state index is 9.25. The Labute approximate surface area is 56.6 Å². The van der Waals surface area contributed by atoms with Crippen LogP contribution in [0.4, 0.5) is 0 Å². The second kappa shape index (κ2) is 9.66. The first-order valence-electron chi connectivity index (χ1n) is 1.75. The first-order chi connectivity index (χ1) is 3.68. The quantitative estimate of drug-likeness (QED) is 0.623. The number of hydrogen-bond donors (Lipinski definition) is 1. The molecule has 0 aliphatic carbocycles. The summed E-state index contributed by atoms with van der Waals surface area (Å²) < 4.78 is 0. The minimum Gasteiger partial charge on any atom is -0.478 e. The standard InChI is InChI=1S/C3H4O2.C2H3Br/c1-2-3(4)5;1-2-3/h2H,1H2,(H,4,5);2H,1H2. The van der Waals surface area contributed by atoms with Crippen LogP contribution in [0.2, 0.25) is 0 Å². The van der Waals surface area contributed by atoms with E-state index in [-0.39, 0.29) is 0 Å². The molecule has 0 bridgehead atoms. The Morgan fingerprint density at radius 1 is 1.62 bits per heavy atom. The predicted molar refractivity (Wildman–Crippen MR) is 37.0 cm³/mol. The van der Waals surface area contributed by atoms with E-state index in [1.165, 1.54) is 0 Å². The molecule has 0 aliphatic heterocycles. The predicted octanol–water partition coefficient (Wildman–Crippen LogP) is 1.78. The van der Waals surface area contributed by atoms with Gasteiger partial charge in [0.05, 0.1) is 0 Å². The van der Waals surface area contributed by atoms with Gasteiger partial charge in [0.15, 0.2) is 0 Å². The van der Waals surface area contributed by atoms with E-state index in [1.807, 2.05) is 0 Å². The van der Waals surface area contributed by atoms with Gasteiger partial charge >= 0.3 is 5.97 Å². The van der Waals surface area contributed by atoms with Crippen molar-refractivity contribution >= 4 is 21.9 Å². The van der Waals surface area contributed by atoms with Crippen LogP contribution in [-0.2, 0) is 4.79 Å². The molecule has 0 amide bonds. The van der Waals surface area contributed by atoms with E-state index in [4.69, 9.17) is 5.11 Å². The monoisotopic (exact) mass is 178 g/mol. The molecule has 0 radical (unpaired) electrons. The Morgan fingerprint density at radius 3 is 1.75 bits per heavy atom. The van der Waals surface area contributed by atoms with E-state index in [0.29, 0.717) is 0 Å². The highest BCUT2D eigenvalue weighted by Crippen LogP contribution is 1.68. The third-order valence-corrected chi connectivity index (χ3v) is 0.175. The van der Waals surface area contributed by atoms with Crippen LogP contribution in [-0.4, -0.2) is 11.1 Å². The topological polar surface area (TPSA) is 37.3 Å². The first-order valence-corrected chi connectivity index (χ1v) is 2.67. The molecule has 0 aromatic carbocycles. The lowest BCUT2D eigenvalue weighted by Crippen LogP contribution is -1.82. The van der Waals surface area contributed by atoms with E-state index < -0.39 is 5.97 Å². The van der Waals surface area contributed by atoms with Crippen LogP contribution < -0.4 is 0 Å². The molecule has 0 spiro atoms. The maximum absolute atomic E-state index is 9.25. The summed E-state index contributed by atoms with van der Waals surface area (Å²) in [5.74, 6) is -0.981. The van der Waals surface area contributed by atoms with Gasteiger partial charge in [-0.25, -0.2) is 4.79 Å². The third kappa shape index (κ3) is 52.1. The zero-order chi connectivity index (χ0) is 6.99. The minimum atomic E-state index is -0.981. The molecule has 3 heteroatoms. The van der Waals surface area contributed by atoms with Crippen LogP contribution >= 0.6 is 15.9 Å². The summed E-state index contributed by atoms with van der Waals surface area (Å²) in [4.78, 5) is 10.8. The van der Waals surface area contributed by atoms with Crippen LogP contribution in [0, 0.1) is 0 Å². The lowest BCUT2D eigenvalue weighted by Gasteiger charge is -1.64. The van der Waals surface area contributed by atoms with Gasteiger partial charge in [-0.05, 0) is 4.99 Å². The Morgan fingerprint density at radius 2 is 1.75 bits per heavy atom. The molecule has 0 aromatic heterocycles. The molecule has 1 N–H and O–H groups in total. The van der Waals surface area contributed by atoms with Crippen molar-refractivity contribution in [2.75, 3.05) is 0 Å². The molecule has 0 saturated heterocycles. The highest BCUT2D eigenvalue weighted by atomic mass is 79.9. The fourth-order valence-electron chi connectivity index (χ4n) is 0. The van der Waals surface area contributed by atoms with Crippen molar-refractivity contribution in [3.05, 3.63) is 24.2 Å². The van der Waals surface area contributed by atoms with Crippen LogP contribution in [0.15, 0.2) is 24.2 Å². The molecular formula is C5H7BrO2. The highest BCUT2D eigenvalue weighted by molar-refractivity contribution is 9.11. The molecule has 8 heavy (non-hydrogen) atoms. The van der Waals surface area contributed by atoms with Crippen molar-refractivity contribution in [1.29, 1.82) is 0 Å². The lowest BCUT2D eigenvalue weighted by atomic mass is 10.7. The summed E-state index contributed by atoms with van der Waals surface area (Å²) in [6.45, 7) is 6.24. The molecule has 0 rings (SSSR count). The summed E-state index contributed by atoms with van der Waals surface area (Å²) in [6, 6.07) is 0. The minimum absolute atomic E-state index is 0.833. The van der Waals surface area contributed by atoms with Gasteiger partial charge in [-0.15, -0.1) is 0 Å². The van der Waals surface area contributed by atoms with E-state index in [9.17, 15) is 4.79 Å². The Bertz CT molecular complexity index is 88.4. The maximum Gasteiger partial charge on any atom is 0.327 e. The molecule has 0 atom stereocenters. The molecule has 0 unspecified atom stereocenters. The van der Waals surface area contributed by atoms with Crippen LogP contribution in [0.3, 0.4) is 0 Å². The van der Waals surface area contributed by atoms with Crippen molar-refractivity contribution in [3.8, 4) is 0 Å². The fourth-order valence-corrected chi connectivity index (χ4v) is 0. The van der Waals surface area contributed by atoms with Gasteiger partial charge in [0.2, 0.25) is 0 Å². The number of carboxylic acid groups (broad SMARTS) is 1. The van der Waals surface area contributed by atoms with Gasteiger partial charge in [0, 0.05) is 6.08 Å². The molecule has 0 aromatic rings. The molecule has 0 heterocycles. The smallest absolute Gasteiger partial charge is 0.327 e. The normalized spacial score (nSPS) is 5.62. The van der Waals surface area contributed by atoms with E-state index in [0.717, 1.165) is 6.08 Å². The van der Waals surface area contributed by atoms with Crippen molar-refractivity contribution < 1.29 is 9.90 Å². The highest BCUT2D eigenvalue weighted by Gasteiger charge is 1.73. The van der Waals surface area contributed by atoms with Gasteiger partial charge in [0.25, 0.3) is 0 Å². The number of carboxylic acids is 1. The van der Waals surface area contributed by atoms with Crippen molar-refractivity contribution in [2.24, 2.45) is 0 Å². The molecule has 2 nitrogen and oxygen atoms in total. The number of halogens is 1. The zero-order valence-electron chi connectivity index (χ0n) is 4.30. The second-order valence-corrected chi connectivity index (χ2v) is 1.34. The number of aliphatic carboxylic acids is 1. The van der Waals surface area contributed by atoms with Gasteiger partial charge in [-0.3, -0.25) is 0 Å². The van der Waals surface area contributed by atoms with Crippen LogP contribution in [0.25, 0.3) is 0 Å². The van der Waals surface area contributed by atoms with E-state index in [1.54, 1.807) is 4.99 Å². The van der Waals surface area contributed by atoms with Crippen LogP contribution in [0.5, 0.6) is 0 Å². The Hall–Kier alpha value is -0.570. The van der Waals surface area contributed by atoms with Crippen molar-refractivity contribution in [3.63, 3.8) is 0 Å². The first kappa shape index (κ1) is 10.4. The molecule has 46 valence electrons. The largest absolute Gasteiger partial charge is 0.478 e. The zero-order valence-corrected chi connectivity index (χ0v) is 5.89. The summed E-state index contributed by atoms with van der Waals surface area (Å²) in [7, 11) is 0. The number of hydrogen-bond acceptors (Lipinski definition) is 1. The SMILES string of the molecule is C=CBr.C=CC(=O)O. The van der Waals surface area contributed by atoms with E-state index >= 15 is 0 Å². The van der Waals surface area contributed by atoms with E-state index in [2.05, 4.69) is 29.1 Å². The molecular weight excluding hydrogens is 172 g/mol. The van der Waals surface area contributed by atoms with Crippen LogP contribution in [0.1, 0.15) is 0 Å². The second-order valence-electron chi connectivity index (χ2n) is 0.697. The van der Waals surface area contributed by atoms with Gasteiger partial charge < -0.3 is 5.11 Å². The lowest BCUT2D eigenvalue weighted by molar-refractivity contribution is -0.131. The van der Waals surface area contributed by atoms with Gasteiger partial charge in [-0.1, -0.05) is 29.1 Å². The molecule has 0 fully saturated rings. The Kier molecular flexibility index (Phi) is 12.6. The third-order valence-electron chi connectivity index (χ3n) is 0.175. The average Bonchev–Trinajstić information content (AvgIpc) is 1.69. The van der Waals surface area contributed by atoms with Crippen molar-refractivity contribution in [2.45, 2.75) is 0 Å². The average molecular weight is 179 g/mol.